The van der Waals surface area contributed by atoms with E-state index in [1.807, 2.05) is 30.3 Å². The summed E-state index contributed by atoms with van der Waals surface area (Å²) in [4.78, 5) is 24.1. The monoisotopic (exact) mass is 324 g/mol. The molecule has 0 saturated heterocycles. The predicted octanol–water partition coefficient (Wildman–Crippen LogP) is 3.54. The maximum atomic E-state index is 12.3. The van der Waals surface area contributed by atoms with Gasteiger partial charge in [0.25, 0.3) is 5.69 Å². The van der Waals surface area contributed by atoms with Crippen LogP contribution >= 0.6 is 0 Å². The molecule has 6 nitrogen and oxygen atoms in total. The zero-order valence-corrected chi connectivity index (χ0v) is 13.1. The number of nitro benzene ring substituents is 1. The smallest absolute Gasteiger partial charge is 0.269 e. The number of rotatable bonds is 5. The lowest BCUT2D eigenvalue weighted by atomic mass is 10.1. The molecular weight excluding hydrogens is 308 g/mol. The molecule has 0 fully saturated rings. The van der Waals surface area contributed by atoms with Gasteiger partial charge >= 0.3 is 0 Å². The van der Waals surface area contributed by atoms with Crippen molar-refractivity contribution in [3.63, 3.8) is 0 Å². The number of amides is 1. The Morgan fingerprint density at radius 1 is 1.17 bits per heavy atom. The van der Waals surface area contributed by atoms with E-state index in [1.54, 1.807) is 24.1 Å². The van der Waals surface area contributed by atoms with Crippen molar-refractivity contribution in [3.05, 3.63) is 76.0 Å². The molecule has 0 saturated carbocycles. The highest BCUT2D eigenvalue weighted by Gasteiger charge is 2.13. The molecule has 1 aromatic heterocycles. The van der Waals surface area contributed by atoms with Crippen molar-refractivity contribution in [3.8, 4) is 0 Å². The fourth-order valence-corrected chi connectivity index (χ4v) is 2.48. The molecule has 1 heterocycles. The first-order valence-electron chi connectivity index (χ1n) is 7.47. The Kier molecular flexibility index (Phi) is 4.29. The number of carbonyl (C=O) groups excluding carboxylic acids is 1. The number of nitro groups is 1. The summed E-state index contributed by atoms with van der Waals surface area (Å²) in [5.74, 6) is 0.639. The van der Waals surface area contributed by atoms with Crippen LogP contribution in [0.4, 0.5) is 5.69 Å². The molecule has 0 aliphatic rings. The second kappa shape index (κ2) is 6.54. The Hall–Kier alpha value is -3.15. The summed E-state index contributed by atoms with van der Waals surface area (Å²) in [5, 5.41) is 11.6. The highest BCUT2D eigenvalue weighted by Crippen LogP contribution is 2.20. The third kappa shape index (κ3) is 3.43. The molecule has 6 heteroatoms. The van der Waals surface area contributed by atoms with E-state index < -0.39 is 4.92 Å². The van der Waals surface area contributed by atoms with Gasteiger partial charge in [0, 0.05) is 24.6 Å². The summed E-state index contributed by atoms with van der Waals surface area (Å²) < 4.78 is 5.71. The van der Waals surface area contributed by atoms with Gasteiger partial charge in [-0.05, 0) is 17.7 Å². The van der Waals surface area contributed by atoms with Gasteiger partial charge in [-0.3, -0.25) is 14.9 Å². The first kappa shape index (κ1) is 15.7. The van der Waals surface area contributed by atoms with Crippen LogP contribution in [0.25, 0.3) is 11.0 Å². The number of hydrogen-bond donors (Lipinski definition) is 0. The van der Waals surface area contributed by atoms with Crippen LogP contribution in [0.1, 0.15) is 11.3 Å². The molecule has 0 radical (unpaired) electrons. The molecule has 0 aliphatic heterocycles. The van der Waals surface area contributed by atoms with E-state index >= 15 is 0 Å². The summed E-state index contributed by atoms with van der Waals surface area (Å²) in [6.45, 7) is 0.375. The minimum Gasteiger partial charge on any atom is -0.459 e. The van der Waals surface area contributed by atoms with Crippen molar-refractivity contribution < 1.29 is 14.1 Å². The first-order chi connectivity index (χ1) is 11.5. The van der Waals surface area contributed by atoms with E-state index in [0.717, 1.165) is 22.3 Å². The number of likely N-dealkylation sites (N-methyl/N-ethyl adjacent to an activating group) is 1. The molecule has 1 amide bonds. The molecule has 3 aromatic rings. The lowest BCUT2D eigenvalue weighted by Gasteiger charge is -2.15. The quantitative estimate of drug-likeness (QED) is 0.531. The van der Waals surface area contributed by atoms with E-state index in [-0.39, 0.29) is 18.0 Å². The lowest BCUT2D eigenvalue weighted by molar-refractivity contribution is -0.384. The zero-order chi connectivity index (χ0) is 17.1. The fraction of sp³-hybridized carbons (Fsp3) is 0.167. The fourth-order valence-electron chi connectivity index (χ4n) is 2.48. The van der Waals surface area contributed by atoms with E-state index in [0.29, 0.717) is 6.54 Å². The molecule has 24 heavy (non-hydrogen) atoms. The molecule has 0 atom stereocenters. The van der Waals surface area contributed by atoms with E-state index in [1.165, 1.54) is 12.1 Å². The molecule has 0 bridgehead atoms. The molecule has 122 valence electrons. The molecule has 0 unspecified atom stereocenters. The molecular formula is C18H16N2O4. The van der Waals surface area contributed by atoms with Crippen molar-refractivity contribution >= 4 is 22.6 Å². The molecule has 0 N–H and O–H groups in total. The summed E-state index contributed by atoms with van der Waals surface area (Å²) in [6.07, 6.45) is 0.189. The highest BCUT2D eigenvalue weighted by atomic mass is 16.6. The highest BCUT2D eigenvalue weighted by molar-refractivity contribution is 5.79. The van der Waals surface area contributed by atoms with Crippen molar-refractivity contribution in [1.29, 1.82) is 0 Å². The molecule has 0 spiro atoms. The van der Waals surface area contributed by atoms with Gasteiger partial charge in [0.15, 0.2) is 0 Å². The maximum absolute atomic E-state index is 12.3. The number of fused-ring (bicyclic) bond motifs is 1. The SMILES string of the molecule is CN(Cc1cc2ccccc2o1)C(=O)Cc1ccc([N+](=O)[O-])cc1. The Bertz CT molecular complexity index is 850. The Morgan fingerprint density at radius 3 is 2.54 bits per heavy atom. The zero-order valence-electron chi connectivity index (χ0n) is 13.1. The number of para-hydroxylation sites is 1. The van der Waals surface area contributed by atoms with Crippen molar-refractivity contribution in [2.24, 2.45) is 0 Å². The van der Waals surface area contributed by atoms with Crippen molar-refractivity contribution in [1.82, 2.24) is 4.90 Å². The average molecular weight is 324 g/mol. The summed E-state index contributed by atoms with van der Waals surface area (Å²) in [6, 6.07) is 15.6. The maximum Gasteiger partial charge on any atom is 0.269 e. The van der Waals surface area contributed by atoms with Gasteiger partial charge in [0.1, 0.15) is 11.3 Å². The van der Waals surface area contributed by atoms with Crippen molar-refractivity contribution in [2.45, 2.75) is 13.0 Å². The second-order valence-corrected chi connectivity index (χ2v) is 5.60. The number of carbonyl (C=O) groups is 1. The Balaban J connectivity index is 1.64. The van der Waals surface area contributed by atoms with Crippen LogP contribution in [-0.4, -0.2) is 22.8 Å². The van der Waals surface area contributed by atoms with Crippen LogP contribution in [-0.2, 0) is 17.8 Å². The van der Waals surface area contributed by atoms with Gasteiger partial charge in [-0.1, -0.05) is 30.3 Å². The van der Waals surface area contributed by atoms with Gasteiger partial charge in [-0.2, -0.15) is 0 Å². The lowest BCUT2D eigenvalue weighted by Crippen LogP contribution is -2.27. The van der Waals surface area contributed by atoms with Gasteiger partial charge in [-0.15, -0.1) is 0 Å². The molecule has 2 aromatic carbocycles. The van der Waals surface area contributed by atoms with E-state index in [2.05, 4.69) is 0 Å². The minimum atomic E-state index is -0.459. The molecule has 0 aliphatic carbocycles. The normalized spacial score (nSPS) is 10.7. The number of furan rings is 1. The van der Waals surface area contributed by atoms with Crippen LogP contribution in [0.2, 0.25) is 0 Å². The summed E-state index contributed by atoms with van der Waals surface area (Å²) >= 11 is 0. The van der Waals surface area contributed by atoms with Crippen LogP contribution in [0.5, 0.6) is 0 Å². The van der Waals surface area contributed by atoms with Crippen molar-refractivity contribution in [2.75, 3.05) is 7.05 Å². The number of benzene rings is 2. The summed E-state index contributed by atoms with van der Waals surface area (Å²) in [7, 11) is 1.71. The average Bonchev–Trinajstić information content (AvgIpc) is 2.97. The van der Waals surface area contributed by atoms with Gasteiger partial charge in [-0.25, -0.2) is 0 Å². The number of non-ortho nitro benzene ring substituents is 1. The van der Waals surface area contributed by atoms with Crippen LogP contribution in [0, 0.1) is 10.1 Å². The number of nitrogens with zero attached hydrogens (tertiary/aromatic N) is 2. The third-order valence-electron chi connectivity index (χ3n) is 3.80. The number of hydrogen-bond acceptors (Lipinski definition) is 4. The van der Waals surface area contributed by atoms with Crippen LogP contribution in [0.3, 0.4) is 0 Å². The standard InChI is InChI=1S/C18H16N2O4/c1-19(12-16-11-14-4-2-3-5-17(14)24-16)18(21)10-13-6-8-15(9-7-13)20(22)23/h2-9,11H,10,12H2,1H3. The van der Waals surface area contributed by atoms with E-state index in [4.69, 9.17) is 4.42 Å². The van der Waals surface area contributed by atoms with Gasteiger partial charge in [0.05, 0.1) is 17.9 Å². The van der Waals surface area contributed by atoms with Gasteiger partial charge < -0.3 is 9.32 Å². The summed E-state index contributed by atoms with van der Waals surface area (Å²) in [5.41, 5.74) is 1.55. The Labute approximate surface area is 138 Å². The topological polar surface area (TPSA) is 76.6 Å². The minimum absolute atomic E-state index is 0.0156. The largest absolute Gasteiger partial charge is 0.459 e. The third-order valence-corrected chi connectivity index (χ3v) is 3.80. The van der Waals surface area contributed by atoms with Crippen LogP contribution < -0.4 is 0 Å². The van der Waals surface area contributed by atoms with Gasteiger partial charge in [0.2, 0.25) is 5.91 Å². The second-order valence-electron chi connectivity index (χ2n) is 5.60. The first-order valence-corrected chi connectivity index (χ1v) is 7.47. The molecule has 3 rings (SSSR count). The predicted molar refractivity (Wildman–Crippen MR) is 89.5 cm³/mol. The van der Waals surface area contributed by atoms with Crippen LogP contribution in [0.15, 0.2) is 59.0 Å². The van der Waals surface area contributed by atoms with E-state index in [9.17, 15) is 14.9 Å². The Morgan fingerprint density at radius 2 is 1.88 bits per heavy atom.